The number of hydrogen-bond acceptors (Lipinski definition) is 3. The number of rotatable bonds is 3. The van der Waals surface area contributed by atoms with Crippen LogP contribution >= 0.6 is 0 Å². The fourth-order valence-electron chi connectivity index (χ4n) is 8.51. The summed E-state index contributed by atoms with van der Waals surface area (Å²) in [7, 11) is 2.07. The second-order valence-electron chi connectivity index (χ2n) is 11.0. The molecule has 0 spiro atoms. The van der Waals surface area contributed by atoms with Gasteiger partial charge in [-0.3, -0.25) is 14.8 Å². The standard InChI is InChI=1S/C25H37N3O/c1-24-12-10-21-19(7-9-22-25(21,2)13-11-23(29)28(22)3)20(24)8-5-17(24)4-6-18-16-26-14-15-27-18/h14-17,19-22H,4-13H2,1-3H3/t17-,19-,20-,21-,22?,24+,25+/m0/s1. The number of carbonyl (C=O) groups is 1. The zero-order chi connectivity index (χ0) is 20.2. The summed E-state index contributed by atoms with van der Waals surface area (Å²) in [6.07, 6.45) is 17.8. The molecule has 2 heterocycles. The van der Waals surface area contributed by atoms with E-state index in [4.69, 9.17) is 0 Å². The number of piperidine rings is 1. The van der Waals surface area contributed by atoms with E-state index in [-0.39, 0.29) is 0 Å². The van der Waals surface area contributed by atoms with Crippen LogP contribution in [0.2, 0.25) is 0 Å². The van der Waals surface area contributed by atoms with Crippen LogP contribution in [0.3, 0.4) is 0 Å². The van der Waals surface area contributed by atoms with Crippen LogP contribution in [0.5, 0.6) is 0 Å². The maximum Gasteiger partial charge on any atom is 0.222 e. The van der Waals surface area contributed by atoms with Crippen LogP contribution in [0, 0.1) is 34.5 Å². The highest BCUT2D eigenvalue weighted by Crippen LogP contribution is 2.66. The van der Waals surface area contributed by atoms with Gasteiger partial charge in [-0.25, -0.2) is 0 Å². The van der Waals surface area contributed by atoms with Gasteiger partial charge in [0, 0.05) is 38.1 Å². The van der Waals surface area contributed by atoms with Gasteiger partial charge in [-0.05, 0) is 92.3 Å². The van der Waals surface area contributed by atoms with Gasteiger partial charge in [-0.15, -0.1) is 0 Å². The Morgan fingerprint density at radius 1 is 1.03 bits per heavy atom. The minimum atomic E-state index is 0.338. The van der Waals surface area contributed by atoms with Gasteiger partial charge in [-0.2, -0.15) is 0 Å². The van der Waals surface area contributed by atoms with Crippen molar-refractivity contribution in [2.45, 2.75) is 84.1 Å². The summed E-state index contributed by atoms with van der Waals surface area (Å²) >= 11 is 0. The lowest BCUT2D eigenvalue weighted by atomic mass is 9.46. The summed E-state index contributed by atoms with van der Waals surface area (Å²) in [5.74, 6) is 3.77. The van der Waals surface area contributed by atoms with Crippen molar-refractivity contribution in [1.29, 1.82) is 0 Å². The van der Waals surface area contributed by atoms with Gasteiger partial charge >= 0.3 is 0 Å². The Morgan fingerprint density at radius 2 is 1.86 bits per heavy atom. The highest BCUT2D eigenvalue weighted by atomic mass is 16.2. The van der Waals surface area contributed by atoms with Crippen LogP contribution in [0.4, 0.5) is 0 Å². The van der Waals surface area contributed by atoms with E-state index in [2.05, 4.69) is 35.8 Å². The van der Waals surface area contributed by atoms with E-state index in [0.29, 0.717) is 22.8 Å². The molecule has 29 heavy (non-hydrogen) atoms. The molecule has 3 saturated carbocycles. The van der Waals surface area contributed by atoms with Gasteiger partial charge in [-0.1, -0.05) is 13.8 Å². The highest BCUT2D eigenvalue weighted by Gasteiger charge is 2.60. The molecule has 1 unspecified atom stereocenters. The smallest absolute Gasteiger partial charge is 0.222 e. The fraction of sp³-hybridized carbons (Fsp3) is 0.800. The van der Waals surface area contributed by atoms with Gasteiger partial charge in [0.05, 0.1) is 5.69 Å². The van der Waals surface area contributed by atoms with E-state index < -0.39 is 0 Å². The van der Waals surface area contributed by atoms with E-state index in [9.17, 15) is 4.79 Å². The van der Waals surface area contributed by atoms with Crippen molar-refractivity contribution in [2.75, 3.05) is 7.05 Å². The zero-order valence-electron chi connectivity index (χ0n) is 18.4. The quantitative estimate of drug-likeness (QED) is 0.732. The number of aromatic nitrogens is 2. The Kier molecular flexibility index (Phi) is 4.75. The lowest BCUT2D eigenvalue weighted by Gasteiger charge is -2.62. The fourth-order valence-corrected chi connectivity index (χ4v) is 8.51. The van der Waals surface area contributed by atoms with Gasteiger partial charge in [0.1, 0.15) is 0 Å². The molecule has 4 aliphatic rings. The van der Waals surface area contributed by atoms with E-state index in [1.807, 2.05) is 12.4 Å². The topological polar surface area (TPSA) is 46.1 Å². The molecule has 0 radical (unpaired) electrons. The van der Waals surface area contributed by atoms with Crippen molar-refractivity contribution in [3.05, 3.63) is 24.3 Å². The Labute approximate surface area is 175 Å². The van der Waals surface area contributed by atoms with Crippen molar-refractivity contribution >= 4 is 5.91 Å². The first kappa shape index (κ1) is 19.5. The third kappa shape index (κ3) is 2.96. The van der Waals surface area contributed by atoms with Crippen LogP contribution in [0.15, 0.2) is 18.6 Å². The molecule has 1 amide bonds. The van der Waals surface area contributed by atoms with E-state index >= 15 is 0 Å². The van der Waals surface area contributed by atoms with Crippen LogP contribution in [0.25, 0.3) is 0 Å². The number of nitrogens with zero attached hydrogens (tertiary/aromatic N) is 3. The number of hydrogen-bond donors (Lipinski definition) is 0. The van der Waals surface area contributed by atoms with Crippen LogP contribution in [0.1, 0.15) is 77.3 Å². The molecule has 0 aromatic carbocycles. The van der Waals surface area contributed by atoms with E-state index in [1.54, 1.807) is 6.20 Å². The summed E-state index contributed by atoms with van der Waals surface area (Å²) in [5, 5.41) is 0. The molecule has 1 saturated heterocycles. The molecule has 3 aliphatic carbocycles. The molecule has 4 nitrogen and oxygen atoms in total. The predicted molar refractivity (Wildman–Crippen MR) is 114 cm³/mol. The Morgan fingerprint density at radius 3 is 2.66 bits per heavy atom. The molecule has 0 N–H and O–H groups in total. The van der Waals surface area contributed by atoms with Crippen LogP contribution in [-0.2, 0) is 11.2 Å². The molecule has 4 heteroatoms. The average molecular weight is 396 g/mol. The molecule has 7 atom stereocenters. The van der Waals surface area contributed by atoms with Gasteiger partial charge in [0.2, 0.25) is 5.91 Å². The van der Waals surface area contributed by atoms with E-state index in [1.165, 1.54) is 44.9 Å². The third-order valence-electron chi connectivity index (χ3n) is 10.1. The Hall–Kier alpha value is -1.45. The number of likely N-dealkylation sites (tertiary alicyclic amines) is 1. The maximum atomic E-state index is 12.3. The SMILES string of the molecule is CN1C(=O)CC[C@@]2(C)C1CC[C@H]1[C@@H]3CC[C@H](CCc4cnccn4)[C@@]3(C)CC[C@@H]12. The van der Waals surface area contributed by atoms with Crippen molar-refractivity contribution in [2.24, 2.45) is 34.5 Å². The molecule has 1 aromatic heterocycles. The minimum absolute atomic E-state index is 0.338. The van der Waals surface area contributed by atoms with Gasteiger partial charge < -0.3 is 4.90 Å². The van der Waals surface area contributed by atoms with Crippen molar-refractivity contribution in [3.8, 4) is 0 Å². The molecule has 4 fully saturated rings. The zero-order valence-corrected chi connectivity index (χ0v) is 18.4. The maximum absolute atomic E-state index is 12.3. The van der Waals surface area contributed by atoms with Crippen molar-refractivity contribution in [1.82, 2.24) is 14.9 Å². The number of amides is 1. The molecule has 158 valence electrons. The monoisotopic (exact) mass is 395 g/mol. The first-order valence-electron chi connectivity index (χ1n) is 11.9. The molecular weight excluding hydrogens is 358 g/mol. The second-order valence-corrected chi connectivity index (χ2v) is 11.0. The predicted octanol–water partition coefficient (Wildman–Crippen LogP) is 4.89. The molecule has 5 rings (SSSR count). The average Bonchev–Trinajstić information content (AvgIpc) is 3.07. The minimum Gasteiger partial charge on any atom is -0.342 e. The number of aryl methyl sites for hydroxylation is 1. The summed E-state index contributed by atoms with van der Waals surface area (Å²) in [6, 6.07) is 0.475. The summed E-state index contributed by atoms with van der Waals surface area (Å²) in [4.78, 5) is 23.2. The van der Waals surface area contributed by atoms with Gasteiger partial charge in [0.15, 0.2) is 0 Å². The summed E-state index contributed by atoms with van der Waals surface area (Å²) in [5.41, 5.74) is 1.99. The molecule has 1 aromatic rings. The molecule has 0 bridgehead atoms. The Bertz CT molecular complexity index is 767. The lowest BCUT2D eigenvalue weighted by molar-refractivity contribution is -0.158. The number of fused-ring (bicyclic) bond motifs is 5. The highest BCUT2D eigenvalue weighted by molar-refractivity contribution is 5.77. The van der Waals surface area contributed by atoms with Crippen molar-refractivity contribution < 1.29 is 4.79 Å². The van der Waals surface area contributed by atoms with Crippen LogP contribution in [-0.4, -0.2) is 33.9 Å². The first-order chi connectivity index (χ1) is 13.9. The summed E-state index contributed by atoms with van der Waals surface area (Å²) in [6.45, 7) is 5.15. The number of carbonyl (C=O) groups excluding carboxylic acids is 1. The molecular formula is C25H37N3O. The van der Waals surface area contributed by atoms with Crippen molar-refractivity contribution in [3.63, 3.8) is 0 Å². The van der Waals surface area contributed by atoms with E-state index in [0.717, 1.165) is 48.6 Å². The molecule has 1 aliphatic heterocycles. The first-order valence-corrected chi connectivity index (χ1v) is 11.9. The largest absolute Gasteiger partial charge is 0.342 e. The Balaban J connectivity index is 1.33. The normalized spacial score (nSPS) is 44.2. The van der Waals surface area contributed by atoms with Gasteiger partial charge in [0.25, 0.3) is 0 Å². The summed E-state index contributed by atoms with van der Waals surface area (Å²) < 4.78 is 0. The van der Waals surface area contributed by atoms with Crippen LogP contribution < -0.4 is 0 Å². The lowest BCUT2D eigenvalue weighted by Crippen LogP contribution is -2.61. The second kappa shape index (κ2) is 7.06. The third-order valence-corrected chi connectivity index (χ3v) is 10.1.